The molecule has 38 heavy (non-hydrogen) atoms. The second-order valence-corrected chi connectivity index (χ2v) is 11.3. The zero-order valence-corrected chi connectivity index (χ0v) is 22.8. The summed E-state index contributed by atoms with van der Waals surface area (Å²) in [6.07, 6.45) is 6.38. The first kappa shape index (κ1) is 26.5. The summed E-state index contributed by atoms with van der Waals surface area (Å²) in [6, 6.07) is 5.39. The van der Waals surface area contributed by atoms with E-state index >= 15 is 0 Å². The number of carbonyl (C=O) groups excluding carboxylic acids is 1. The Morgan fingerprint density at radius 1 is 1.24 bits per heavy atom. The van der Waals surface area contributed by atoms with Gasteiger partial charge in [0.25, 0.3) is 0 Å². The first-order valence-corrected chi connectivity index (χ1v) is 13.5. The zero-order chi connectivity index (χ0) is 27.0. The number of anilines is 3. The van der Waals surface area contributed by atoms with Crippen molar-refractivity contribution in [3.63, 3.8) is 0 Å². The molecule has 4 N–H and O–H groups in total. The summed E-state index contributed by atoms with van der Waals surface area (Å²) < 4.78 is 7.71. The number of nitriles is 1. The van der Waals surface area contributed by atoms with Crippen LogP contribution in [-0.2, 0) is 9.53 Å². The summed E-state index contributed by atoms with van der Waals surface area (Å²) in [5.74, 6) is 0.754. The van der Waals surface area contributed by atoms with E-state index in [1.807, 2.05) is 11.5 Å². The summed E-state index contributed by atoms with van der Waals surface area (Å²) in [4.78, 5) is 26.3. The molecule has 0 bridgehead atoms. The van der Waals surface area contributed by atoms with Crippen LogP contribution >= 0.6 is 23.2 Å². The molecule has 2 fully saturated rings. The average Bonchev–Trinajstić information content (AvgIpc) is 3.23. The Labute approximate surface area is 230 Å². The number of hydrogen-bond acceptors (Lipinski definition) is 8. The highest BCUT2D eigenvalue weighted by molar-refractivity contribution is 6.39. The molecule has 5 rings (SSSR count). The fourth-order valence-electron chi connectivity index (χ4n) is 5.32. The number of rotatable bonds is 6. The number of imidazole rings is 1. The van der Waals surface area contributed by atoms with Gasteiger partial charge in [-0.2, -0.15) is 10.2 Å². The van der Waals surface area contributed by atoms with E-state index in [9.17, 15) is 10.1 Å². The first-order chi connectivity index (χ1) is 18.2. The van der Waals surface area contributed by atoms with E-state index in [1.165, 1.54) is 0 Å². The predicted molar refractivity (Wildman–Crippen MR) is 147 cm³/mol. The number of hydrogen-bond donors (Lipinski definition) is 3. The molecule has 0 spiro atoms. The monoisotopic (exact) mass is 556 g/mol. The molecule has 1 aliphatic carbocycles. The van der Waals surface area contributed by atoms with E-state index in [1.54, 1.807) is 18.3 Å². The van der Waals surface area contributed by atoms with Crippen molar-refractivity contribution in [2.24, 2.45) is 11.1 Å². The van der Waals surface area contributed by atoms with Crippen molar-refractivity contribution in [1.82, 2.24) is 19.5 Å². The van der Waals surface area contributed by atoms with Crippen LogP contribution in [0.25, 0.3) is 11.2 Å². The van der Waals surface area contributed by atoms with Gasteiger partial charge in [0.2, 0.25) is 17.8 Å². The molecule has 1 aliphatic heterocycles. The molecule has 1 aromatic carbocycles. The van der Waals surface area contributed by atoms with E-state index in [0.717, 1.165) is 25.7 Å². The molecule has 0 radical (unpaired) electrons. The van der Waals surface area contributed by atoms with Gasteiger partial charge in [-0.25, -0.2) is 9.97 Å². The summed E-state index contributed by atoms with van der Waals surface area (Å²) in [5, 5.41) is 16.6. The number of fused-ring (bicyclic) bond motifs is 1. The number of nitrogens with zero attached hydrogens (tertiary/aromatic N) is 5. The number of ether oxygens (including phenoxy) is 1. The maximum atomic E-state index is 12.1. The zero-order valence-electron chi connectivity index (χ0n) is 21.3. The summed E-state index contributed by atoms with van der Waals surface area (Å²) in [7, 11) is 0. The number of aromatic nitrogens is 4. The highest BCUT2D eigenvalue weighted by Crippen LogP contribution is 2.43. The van der Waals surface area contributed by atoms with Crippen LogP contribution in [0.2, 0.25) is 10.0 Å². The van der Waals surface area contributed by atoms with Crippen LogP contribution in [0.1, 0.15) is 64.0 Å². The van der Waals surface area contributed by atoms with E-state index in [-0.39, 0.29) is 24.1 Å². The van der Waals surface area contributed by atoms with E-state index in [4.69, 9.17) is 43.6 Å². The number of halogens is 2. The molecule has 1 saturated carbocycles. The lowest BCUT2D eigenvalue weighted by Crippen LogP contribution is -2.38. The number of carbonyl (C=O) groups is 1. The van der Waals surface area contributed by atoms with Crippen molar-refractivity contribution in [3.05, 3.63) is 33.9 Å². The Bertz CT molecular complexity index is 1390. The highest BCUT2D eigenvalue weighted by atomic mass is 35.5. The Balaban J connectivity index is 1.53. The van der Waals surface area contributed by atoms with Crippen LogP contribution in [0, 0.1) is 16.7 Å². The molecule has 3 aromatic rings. The topological polar surface area (TPSA) is 144 Å². The maximum absolute atomic E-state index is 12.1. The number of primary amides is 1. The SMILES string of the molecule is C[C@H]1C[C@@H](Nc2ncc3nc(Nc4c(Cl)cc(C#N)cc4Cl)n(C4CCC(C)(C(N)=O)CC4)c3n2)CCO1. The van der Waals surface area contributed by atoms with Gasteiger partial charge >= 0.3 is 0 Å². The third-order valence-corrected chi connectivity index (χ3v) is 8.27. The maximum Gasteiger partial charge on any atom is 0.224 e. The van der Waals surface area contributed by atoms with Gasteiger partial charge in [-0.05, 0) is 57.6 Å². The fourth-order valence-corrected chi connectivity index (χ4v) is 5.90. The van der Waals surface area contributed by atoms with Crippen LogP contribution in [-0.4, -0.2) is 44.2 Å². The van der Waals surface area contributed by atoms with Gasteiger partial charge in [0.1, 0.15) is 5.52 Å². The van der Waals surface area contributed by atoms with Gasteiger partial charge < -0.3 is 21.1 Å². The molecule has 1 saturated heterocycles. The fraction of sp³-hybridized carbons (Fsp3) is 0.500. The van der Waals surface area contributed by atoms with Crippen molar-refractivity contribution >= 4 is 57.9 Å². The molecule has 2 atom stereocenters. The van der Waals surface area contributed by atoms with Gasteiger partial charge in [-0.3, -0.25) is 9.36 Å². The quantitative estimate of drug-likeness (QED) is 0.369. The van der Waals surface area contributed by atoms with Gasteiger partial charge in [0.15, 0.2) is 5.65 Å². The number of benzene rings is 1. The van der Waals surface area contributed by atoms with Crippen molar-refractivity contribution in [2.75, 3.05) is 17.2 Å². The van der Waals surface area contributed by atoms with Crippen molar-refractivity contribution in [1.29, 1.82) is 5.26 Å². The summed E-state index contributed by atoms with van der Waals surface area (Å²) in [5.41, 5.74) is 7.25. The van der Waals surface area contributed by atoms with Crippen LogP contribution in [0.15, 0.2) is 18.3 Å². The highest BCUT2D eigenvalue weighted by Gasteiger charge is 2.38. The predicted octanol–water partition coefficient (Wildman–Crippen LogP) is 5.33. The largest absolute Gasteiger partial charge is 0.378 e. The smallest absolute Gasteiger partial charge is 0.224 e. The van der Waals surface area contributed by atoms with Gasteiger partial charge in [-0.15, -0.1) is 0 Å². The molecule has 2 aliphatic rings. The molecule has 12 heteroatoms. The second-order valence-electron chi connectivity index (χ2n) is 10.5. The standard InChI is InChI=1S/C26H30Cl2N8O2/c1-14-9-16(5-8-38-14)32-24-31-13-20-22(35-24)36(17-3-6-26(2,7-4-17)23(30)37)25(33-20)34-21-18(27)10-15(12-29)11-19(21)28/h10-11,13-14,16-17H,3-9H2,1-2H3,(H2,30,37)(H,33,34)(H,31,32,35)/t14-,16-,17?,26?/m0/s1. The lowest BCUT2D eigenvalue weighted by atomic mass is 9.73. The first-order valence-electron chi connectivity index (χ1n) is 12.8. The van der Waals surface area contributed by atoms with Crippen LogP contribution in [0.5, 0.6) is 0 Å². The lowest BCUT2D eigenvalue weighted by Gasteiger charge is -2.35. The summed E-state index contributed by atoms with van der Waals surface area (Å²) >= 11 is 13.0. The Hall–Kier alpha value is -3.13. The molecule has 2 aromatic heterocycles. The normalized spacial score (nSPS) is 25.6. The number of nitrogens with one attached hydrogen (secondary N) is 2. The van der Waals surface area contributed by atoms with E-state index < -0.39 is 5.41 Å². The molecular formula is C26H30Cl2N8O2. The Morgan fingerprint density at radius 3 is 2.58 bits per heavy atom. The molecular weight excluding hydrogens is 527 g/mol. The Morgan fingerprint density at radius 2 is 1.95 bits per heavy atom. The lowest BCUT2D eigenvalue weighted by molar-refractivity contribution is -0.128. The third kappa shape index (κ3) is 5.23. The molecule has 1 amide bonds. The van der Waals surface area contributed by atoms with Gasteiger partial charge in [-0.1, -0.05) is 30.1 Å². The minimum Gasteiger partial charge on any atom is -0.378 e. The number of nitrogens with two attached hydrogens (primary N) is 1. The van der Waals surface area contributed by atoms with Gasteiger partial charge in [0, 0.05) is 24.1 Å². The average molecular weight is 557 g/mol. The van der Waals surface area contributed by atoms with E-state index in [2.05, 4.69) is 28.6 Å². The van der Waals surface area contributed by atoms with Crippen molar-refractivity contribution < 1.29 is 9.53 Å². The molecule has 0 unspecified atom stereocenters. The molecule has 200 valence electrons. The summed E-state index contributed by atoms with van der Waals surface area (Å²) in [6.45, 7) is 4.68. The molecule has 3 heterocycles. The third-order valence-electron chi connectivity index (χ3n) is 7.68. The van der Waals surface area contributed by atoms with Crippen molar-refractivity contribution in [3.8, 4) is 6.07 Å². The van der Waals surface area contributed by atoms with Crippen LogP contribution in [0.4, 0.5) is 17.6 Å². The molecule has 10 nitrogen and oxygen atoms in total. The van der Waals surface area contributed by atoms with Crippen LogP contribution < -0.4 is 16.4 Å². The second kappa shape index (κ2) is 10.6. The minimum atomic E-state index is -0.540. The van der Waals surface area contributed by atoms with Crippen molar-refractivity contribution in [2.45, 2.75) is 70.6 Å². The van der Waals surface area contributed by atoms with E-state index in [0.29, 0.717) is 63.8 Å². The Kier molecular flexibility index (Phi) is 7.36. The van der Waals surface area contributed by atoms with Gasteiger partial charge in [0.05, 0.1) is 39.7 Å². The number of amides is 1. The van der Waals surface area contributed by atoms with Crippen LogP contribution in [0.3, 0.4) is 0 Å². The minimum absolute atomic E-state index is 0.0108.